The van der Waals surface area contributed by atoms with E-state index >= 15 is 0 Å². The van der Waals surface area contributed by atoms with Crippen LogP contribution in [0.2, 0.25) is 0 Å². The number of halogens is 1. The van der Waals surface area contributed by atoms with Crippen molar-refractivity contribution in [2.24, 2.45) is 0 Å². The van der Waals surface area contributed by atoms with E-state index in [9.17, 15) is 0 Å². The molecule has 8 heavy (non-hydrogen) atoms. The molecule has 0 spiro atoms. The minimum absolute atomic E-state index is 0.570. The van der Waals surface area contributed by atoms with Crippen LogP contribution in [-0.2, 0) is 4.52 Å². The SMILES string of the molecule is O[P]1(Cl)NCCCO1. The molecule has 1 aliphatic rings. The van der Waals surface area contributed by atoms with Crippen molar-refractivity contribution in [2.75, 3.05) is 13.2 Å². The zero-order valence-corrected chi connectivity index (χ0v) is 5.95. The van der Waals surface area contributed by atoms with Crippen LogP contribution in [0.1, 0.15) is 6.42 Å². The summed E-state index contributed by atoms with van der Waals surface area (Å²) in [4.78, 5) is 8.92. The first-order chi connectivity index (χ1) is 3.71. The Bertz CT molecular complexity index is 81.4. The predicted molar refractivity (Wildman–Crippen MR) is 33.6 cm³/mol. The Labute approximate surface area is 53.3 Å². The largest absolute Gasteiger partial charge is 0.333 e. The molecule has 0 aromatic rings. The molecule has 1 rings (SSSR count). The standard InChI is InChI=1S/C3H8ClNO2P/c4-8(6)5-2-1-3-7-8/h5-6H,1-3H2. The Morgan fingerprint density at radius 1 is 1.75 bits per heavy atom. The van der Waals surface area contributed by atoms with Gasteiger partial charge in [-0.15, -0.1) is 0 Å². The fraction of sp³-hybridized carbons (Fsp3) is 1.00. The van der Waals surface area contributed by atoms with Gasteiger partial charge in [-0.25, -0.2) is 5.09 Å². The molecule has 1 aliphatic heterocycles. The Balaban J connectivity index is 2.33. The summed E-state index contributed by atoms with van der Waals surface area (Å²) in [7, 11) is -2.61. The molecule has 1 unspecified atom stereocenters. The van der Waals surface area contributed by atoms with E-state index in [1.54, 1.807) is 0 Å². The minimum Gasteiger partial charge on any atom is -0.333 e. The second kappa shape index (κ2) is 2.46. The van der Waals surface area contributed by atoms with Crippen molar-refractivity contribution in [3.8, 4) is 0 Å². The average molecular weight is 157 g/mol. The van der Waals surface area contributed by atoms with Gasteiger partial charge in [0.2, 0.25) is 0 Å². The third-order valence-electron chi connectivity index (χ3n) is 0.890. The maximum absolute atomic E-state index is 8.92. The molecule has 0 aromatic heterocycles. The first kappa shape index (κ1) is 6.72. The Hall–Kier alpha value is 0.600. The monoisotopic (exact) mass is 156 g/mol. The minimum atomic E-state index is -2.61. The molecule has 0 amide bonds. The highest BCUT2D eigenvalue weighted by atomic mass is 35.7. The summed E-state index contributed by atoms with van der Waals surface area (Å²) in [5.41, 5.74) is 0. The molecule has 2 N–H and O–H groups in total. The van der Waals surface area contributed by atoms with E-state index < -0.39 is 7.22 Å². The first-order valence-electron chi connectivity index (χ1n) is 2.42. The lowest BCUT2D eigenvalue weighted by Gasteiger charge is -2.27. The molecule has 49 valence electrons. The zero-order valence-electron chi connectivity index (χ0n) is 4.30. The number of hydrogen-bond donors (Lipinski definition) is 2. The molecule has 0 aliphatic carbocycles. The molecular formula is C3H8ClNO2P. The fourth-order valence-electron chi connectivity index (χ4n) is 0.520. The van der Waals surface area contributed by atoms with Crippen LogP contribution in [-0.4, -0.2) is 18.0 Å². The molecule has 1 atom stereocenters. The molecule has 0 aromatic carbocycles. The number of nitrogens with one attached hydrogen (secondary N) is 1. The van der Waals surface area contributed by atoms with Gasteiger partial charge < -0.3 is 9.42 Å². The van der Waals surface area contributed by atoms with Crippen molar-refractivity contribution in [1.29, 1.82) is 0 Å². The van der Waals surface area contributed by atoms with Crippen molar-refractivity contribution in [3.05, 3.63) is 0 Å². The van der Waals surface area contributed by atoms with Gasteiger partial charge in [-0.3, -0.25) is 0 Å². The van der Waals surface area contributed by atoms with Crippen molar-refractivity contribution < 1.29 is 9.42 Å². The van der Waals surface area contributed by atoms with Crippen LogP contribution in [0.3, 0.4) is 0 Å². The van der Waals surface area contributed by atoms with Gasteiger partial charge in [-0.1, -0.05) is 0 Å². The Kier molecular flexibility index (Phi) is 2.07. The summed E-state index contributed by atoms with van der Waals surface area (Å²) in [5.74, 6) is 0. The normalized spacial score (nSPS) is 39.8. The quantitative estimate of drug-likeness (QED) is 0.512. The molecule has 0 bridgehead atoms. The first-order valence-corrected chi connectivity index (χ1v) is 4.98. The van der Waals surface area contributed by atoms with E-state index in [1.807, 2.05) is 0 Å². The predicted octanol–water partition coefficient (Wildman–Crippen LogP) is 0.905. The highest BCUT2D eigenvalue weighted by molar-refractivity contribution is 7.89. The lowest BCUT2D eigenvalue weighted by molar-refractivity contribution is 0.267. The summed E-state index contributed by atoms with van der Waals surface area (Å²) in [6, 6.07) is 0. The van der Waals surface area contributed by atoms with E-state index in [-0.39, 0.29) is 0 Å². The van der Waals surface area contributed by atoms with E-state index in [2.05, 4.69) is 5.09 Å². The Morgan fingerprint density at radius 2 is 2.50 bits per heavy atom. The molecule has 1 saturated heterocycles. The van der Waals surface area contributed by atoms with Crippen LogP contribution < -0.4 is 5.09 Å². The summed E-state index contributed by atoms with van der Waals surface area (Å²) < 4.78 is 4.79. The summed E-state index contributed by atoms with van der Waals surface area (Å²) >= 11 is 5.41. The third kappa shape index (κ3) is 1.84. The van der Waals surface area contributed by atoms with Crippen LogP contribution in [0.15, 0.2) is 0 Å². The van der Waals surface area contributed by atoms with E-state index in [0.717, 1.165) is 13.0 Å². The maximum atomic E-state index is 8.92. The second-order valence-corrected chi connectivity index (χ2v) is 4.55. The summed E-state index contributed by atoms with van der Waals surface area (Å²) in [6.45, 7) is 1.33. The summed E-state index contributed by atoms with van der Waals surface area (Å²) in [6.07, 6.45) is 0.926. The fourth-order valence-corrected chi connectivity index (χ4v) is 1.88. The van der Waals surface area contributed by atoms with Gasteiger partial charge in [-0.2, -0.15) is 0 Å². The Morgan fingerprint density at radius 3 is 2.75 bits per heavy atom. The topological polar surface area (TPSA) is 41.5 Å². The number of hydrogen-bond acceptors (Lipinski definition) is 3. The van der Waals surface area contributed by atoms with Crippen LogP contribution in [0, 0.1) is 0 Å². The highest BCUT2D eigenvalue weighted by Gasteiger charge is 2.24. The van der Waals surface area contributed by atoms with Gasteiger partial charge in [0.05, 0.1) is 6.61 Å². The molecule has 1 radical (unpaired) electrons. The second-order valence-electron chi connectivity index (χ2n) is 1.60. The van der Waals surface area contributed by atoms with Gasteiger partial charge in [0.1, 0.15) is 0 Å². The lowest BCUT2D eigenvalue weighted by Crippen LogP contribution is -2.22. The smallest absolute Gasteiger partial charge is 0.261 e. The van der Waals surface area contributed by atoms with Crippen molar-refractivity contribution >= 4 is 18.5 Å². The van der Waals surface area contributed by atoms with Gasteiger partial charge >= 0.3 is 0 Å². The molecule has 0 saturated carbocycles. The molecule has 1 heterocycles. The highest BCUT2D eigenvalue weighted by Crippen LogP contribution is 2.57. The van der Waals surface area contributed by atoms with Crippen molar-refractivity contribution in [1.82, 2.24) is 5.09 Å². The van der Waals surface area contributed by atoms with Crippen LogP contribution in [0.4, 0.5) is 0 Å². The van der Waals surface area contributed by atoms with Crippen molar-refractivity contribution in [2.45, 2.75) is 6.42 Å². The summed E-state index contributed by atoms with van der Waals surface area (Å²) in [5, 5.41) is 2.67. The van der Waals surface area contributed by atoms with Crippen LogP contribution in [0.5, 0.6) is 0 Å². The number of rotatable bonds is 0. The average Bonchev–Trinajstić information content (AvgIpc) is 1.65. The molecule has 3 nitrogen and oxygen atoms in total. The third-order valence-corrected chi connectivity index (χ3v) is 2.68. The van der Waals surface area contributed by atoms with E-state index in [4.69, 9.17) is 20.7 Å². The lowest BCUT2D eigenvalue weighted by atomic mass is 10.5. The molecule has 5 heteroatoms. The van der Waals surface area contributed by atoms with Crippen LogP contribution in [0.25, 0.3) is 0 Å². The molecular weight excluding hydrogens is 148 g/mol. The van der Waals surface area contributed by atoms with Gasteiger partial charge in [0.15, 0.2) is 0 Å². The maximum Gasteiger partial charge on any atom is 0.261 e. The van der Waals surface area contributed by atoms with Gasteiger partial charge in [0.25, 0.3) is 7.22 Å². The van der Waals surface area contributed by atoms with Gasteiger partial charge in [-0.05, 0) is 17.7 Å². The van der Waals surface area contributed by atoms with Crippen LogP contribution >= 0.6 is 18.5 Å². The molecule has 1 fully saturated rings. The van der Waals surface area contributed by atoms with E-state index in [1.165, 1.54) is 0 Å². The van der Waals surface area contributed by atoms with E-state index in [0.29, 0.717) is 6.61 Å². The zero-order chi connectivity index (χ0) is 6.04. The van der Waals surface area contributed by atoms with Crippen molar-refractivity contribution in [3.63, 3.8) is 0 Å². The van der Waals surface area contributed by atoms with Gasteiger partial charge in [0, 0.05) is 6.54 Å².